The van der Waals surface area contributed by atoms with Crippen LogP contribution in [-0.4, -0.2) is 44.2 Å². The first-order chi connectivity index (χ1) is 14.4. The summed E-state index contributed by atoms with van der Waals surface area (Å²) in [6.45, 7) is -0.614. The predicted octanol–water partition coefficient (Wildman–Crippen LogP) is 2.69. The number of ether oxygens (including phenoxy) is 2. The van der Waals surface area contributed by atoms with Crippen LogP contribution >= 0.6 is 0 Å². The molecule has 2 aromatic rings. The Morgan fingerprint density at radius 2 is 2.03 bits per heavy atom. The average molecular weight is 421 g/mol. The second-order valence-electron chi connectivity index (χ2n) is 6.17. The quantitative estimate of drug-likeness (QED) is 0.426. The average Bonchev–Trinajstić information content (AvgIpc) is 2.71. The summed E-state index contributed by atoms with van der Waals surface area (Å²) in [6.07, 6.45) is 0.190. The molecule has 3 N–H and O–H groups in total. The number of pyridine rings is 1. The van der Waals surface area contributed by atoms with Gasteiger partial charge in [0.05, 0.1) is 7.11 Å². The summed E-state index contributed by atoms with van der Waals surface area (Å²) in [5.74, 6) is 1.25. The number of guanidine groups is 1. The molecule has 8 nitrogen and oxygen atoms in total. The molecule has 30 heavy (non-hydrogen) atoms. The summed E-state index contributed by atoms with van der Waals surface area (Å²) in [5, 5.41) is 8.71. The second kappa shape index (κ2) is 11.5. The van der Waals surface area contributed by atoms with Crippen molar-refractivity contribution in [3.63, 3.8) is 0 Å². The number of aryl methyl sites for hydroxylation is 1. The molecule has 0 saturated carbocycles. The number of amides is 1. The van der Waals surface area contributed by atoms with Crippen molar-refractivity contribution in [2.45, 2.75) is 26.5 Å². The normalized spacial score (nSPS) is 11.2. The van der Waals surface area contributed by atoms with E-state index >= 15 is 0 Å². The molecule has 1 aromatic carbocycles. The molecular weight excluding hydrogens is 396 g/mol. The van der Waals surface area contributed by atoms with Gasteiger partial charge in [-0.1, -0.05) is 6.07 Å². The zero-order valence-electron chi connectivity index (χ0n) is 17.0. The predicted molar refractivity (Wildman–Crippen MR) is 110 cm³/mol. The van der Waals surface area contributed by atoms with E-state index in [2.05, 4.69) is 30.7 Å². The fourth-order valence-electron chi connectivity index (χ4n) is 2.54. The fourth-order valence-corrected chi connectivity index (χ4v) is 2.54. The lowest BCUT2D eigenvalue weighted by atomic mass is 10.2. The Bertz CT molecular complexity index is 877. The summed E-state index contributed by atoms with van der Waals surface area (Å²) in [7, 11) is 3.05. The lowest BCUT2D eigenvalue weighted by Crippen LogP contribution is -2.38. The molecule has 0 bridgehead atoms. The molecule has 1 amide bonds. The smallest absolute Gasteiger partial charge is 0.387 e. The van der Waals surface area contributed by atoms with Gasteiger partial charge in [-0.3, -0.25) is 9.79 Å². The number of halogens is 2. The number of nitrogens with zero attached hydrogens (tertiary/aromatic N) is 2. The monoisotopic (exact) mass is 421 g/mol. The molecule has 0 saturated heterocycles. The molecule has 1 heterocycles. The number of carbonyl (C=O) groups excluding carboxylic acids is 1. The van der Waals surface area contributed by atoms with Crippen LogP contribution in [0.3, 0.4) is 0 Å². The molecule has 0 unspecified atom stereocenters. The SMILES string of the molecule is CN=C(NCCC(=O)Nc1cccc(C)n1)NCc1cc(OC)ccc1OC(F)F. The number of aromatic nitrogens is 1. The minimum atomic E-state index is -2.93. The van der Waals surface area contributed by atoms with Gasteiger partial charge in [-0.15, -0.1) is 0 Å². The number of methoxy groups -OCH3 is 1. The molecule has 0 aliphatic rings. The lowest BCUT2D eigenvalue weighted by Gasteiger charge is -2.15. The van der Waals surface area contributed by atoms with Crippen molar-refractivity contribution in [1.29, 1.82) is 0 Å². The van der Waals surface area contributed by atoms with Gasteiger partial charge in [0, 0.05) is 37.8 Å². The van der Waals surface area contributed by atoms with Crippen LogP contribution in [0.15, 0.2) is 41.4 Å². The van der Waals surface area contributed by atoms with Crippen molar-refractivity contribution in [2.75, 3.05) is 26.0 Å². The zero-order chi connectivity index (χ0) is 21.9. The highest BCUT2D eigenvalue weighted by Gasteiger charge is 2.12. The van der Waals surface area contributed by atoms with Gasteiger partial charge in [-0.05, 0) is 37.3 Å². The molecule has 162 valence electrons. The van der Waals surface area contributed by atoms with Gasteiger partial charge in [0.25, 0.3) is 0 Å². The third-order valence-corrected chi connectivity index (χ3v) is 3.95. The van der Waals surface area contributed by atoms with Gasteiger partial charge in [-0.2, -0.15) is 8.78 Å². The van der Waals surface area contributed by atoms with Crippen LogP contribution < -0.4 is 25.4 Å². The van der Waals surface area contributed by atoms with Crippen molar-refractivity contribution in [3.05, 3.63) is 47.7 Å². The van der Waals surface area contributed by atoms with Crippen LogP contribution in [0.4, 0.5) is 14.6 Å². The summed E-state index contributed by atoms with van der Waals surface area (Å²) in [6, 6.07) is 9.92. The first-order valence-electron chi connectivity index (χ1n) is 9.21. The topological polar surface area (TPSA) is 96.9 Å². The number of anilines is 1. The number of hydrogen-bond donors (Lipinski definition) is 3. The summed E-state index contributed by atoms with van der Waals surface area (Å²) in [4.78, 5) is 20.3. The Hall–Kier alpha value is -3.43. The number of carbonyl (C=O) groups is 1. The maximum Gasteiger partial charge on any atom is 0.387 e. The number of alkyl halides is 2. The number of benzene rings is 1. The van der Waals surface area contributed by atoms with Gasteiger partial charge in [0.15, 0.2) is 5.96 Å². The maximum atomic E-state index is 12.6. The summed E-state index contributed by atoms with van der Waals surface area (Å²) < 4.78 is 34.9. The van der Waals surface area contributed by atoms with Crippen molar-refractivity contribution in [2.24, 2.45) is 4.99 Å². The number of hydrogen-bond acceptors (Lipinski definition) is 5. The Balaban J connectivity index is 1.85. The van der Waals surface area contributed by atoms with E-state index < -0.39 is 6.61 Å². The van der Waals surface area contributed by atoms with Crippen LogP contribution in [-0.2, 0) is 11.3 Å². The van der Waals surface area contributed by atoms with Crippen LogP contribution in [0.2, 0.25) is 0 Å². The third-order valence-electron chi connectivity index (χ3n) is 3.95. The molecule has 0 fully saturated rings. The highest BCUT2D eigenvalue weighted by atomic mass is 19.3. The van der Waals surface area contributed by atoms with Crippen LogP contribution in [0, 0.1) is 6.92 Å². The summed E-state index contributed by atoms with van der Waals surface area (Å²) >= 11 is 0. The maximum absolute atomic E-state index is 12.6. The Morgan fingerprint density at radius 1 is 1.23 bits per heavy atom. The van der Waals surface area contributed by atoms with E-state index in [9.17, 15) is 13.6 Å². The van der Waals surface area contributed by atoms with Gasteiger partial charge in [-0.25, -0.2) is 4.98 Å². The zero-order valence-corrected chi connectivity index (χ0v) is 17.0. The minimum absolute atomic E-state index is 0.0405. The van der Waals surface area contributed by atoms with Crippen LogP contribution in [0.5, 0.6) is 11.5 Å². The Labute approximate surface area is 173 Å². The molecule has 0 aliphatic carbocycles. The van der Waals surface area contributed by atoms with E-state index in [1.807, 2.05) is 19.1 Å². The van der Waals surface area contributed by atoms with E-state index in [1.54, 1.807) is 19.2 Å². The minimum Gasteiger partial charge on any atom is -0.497 e. The Morgan fingerprint density at radius 3 is 2.70 bits per heavy atom. The lowest BCUT2D eigenvalue weighted by molar-refractivity contribution is -0.116. The van der Waals surface area contributed by atoms with Crippen molar-refractivity contribution >= 4 is 17.7 Å². The van der Waals surface area contributed by atoms with E-state index in [1.165, 1.54) is 19.2 Å². The van der Waals surface area contributed by atoms with Crippen molar-refractivity contribution in [3.8, 4) is 11.5 Å². The van der Waals surface area contributed by atoms with E-state index in [0.29, 0.717) is 29.6 Å². The number of aliphatic imine (C=N–C) groups is 1. The van der Waals surface area contributed by atoms with Gasteiger partial charge in [0.1, 0.15) is 17.3 Å². The second-order valence-corrected chi connectivity index (χ2v) is 6.17. The van der Waals surface area contributed by atoms with E-state index in [4.69, 9.17) is 4.74 Å². The molecule has 0 spiro atoms. The van der Waals surface area contributed by atoms with Crippen LogP contribution in [0.25, 0.3) is 0 Å². The first-order valence-corrected chi connectivity index (χ1v) is 9.21. The third kappa shape index (κ3) is 7.53. The van der Waals surface area contributed by atoms with Gasteiger partial charge < -0.3 is 25.4 Å². The molecule has 2 rings (SSSR count). The largest absolute Gasteiger partial charge is 0.497 e. The molecule has 0 radical (unpaired) electrons. The van der Waals surface area contributed by atoms with E-state index in [0.717, 1.165) is 5.69 Å². The molecular formula is C20H25F2N5O3. The van der Waals surface area contributed by atoms with Crippen molar-refractivity contribution < 1.29 is 23.0 Å². The standard InChI is InChI=1S/C20H25F2N5O3/c1-13-5-4-6-17(26-13)27-18(28)9-10-24-20(23-2)25-12-14-11-15(29-3)7-8-16(14)30-19(21)22/h4-8,11,19H,9-10,12H2,1-3H3,(H2,23,24,25)(H,26,27,28). The molecule has 0 atom stereocenters. The first kappa shape index (κ1) is 22.9. The molecule has 1 aromatic heterocycles. The fraction of sp³-hybridized carbons (Fsp3) is 0.350. The highest BCUT2D eigenvalue weighted by Crippen LogP contribution is 2.25. The highest BCUT2D eigenvalue weighted by molar-refractivity contribution is 5.90. The van der Waals surface area contributed by atoms with Crippen molar-refractivity contribution in [1.82, 2.24) is 15.6 Å². The number of nitrogens with one attached hydrogen (secondary N) is 3. The summed E-state index contributed by atoms with van der Waals surface area (Å²) in [5.41, 5.74) is 1.28. The number of rotatable bonds is 9. The molecule has 10 heteroatoms. The Kier molecular flexibility index (Phi) is 8.79. The molecule has 0 aliphatic heterocycles. The van der Waals surface area contributed by atoms with E-state index in [-0.39, 0.29) is 24.6 Å². The van der Waals surface area contributed by atoms with Gasteiger partial charge >= 0.3 is 6.61 Å². The van der Waals surface area contributed by atoms with Crippen LogP contribution in [0.1, 0.15) is 17.7 Å². The van der Waals surface area contributed by atoms with Gasteiger partial charge in [0.2, 0.25) is 5.91 Å².